The van der Waals surface area contributed by atoms with Crippen LogP contribution < -0.4 is 0 Å². The van der Waals surface area contributed by atoms with Crippen molar-refractivity contribution in [3.63, 3.8) is 0 Å². The Hall–Kier alpha value is 0.199. The van der Waals surface area contributed by atoms with Gasteiger partial charge in [-0.3, -0.25) is 0 Å². The molecule has 6 nitrogen and oxygen atoms in total. The molecule has 0 bridgehead atoms. The van der Waals surface area contributed by atoms with E-state index in [1.165, 1.54) is 0 Å². The van der Waals surface area contributed by atoms with Gasteiger partial charge in [0.2, 0.25) is 0 Å². The summed E-state index contributed by atoms with van der Waals surface area (Å²) in [5.74, 6) is 0. The number of hydrogen-bond donors (Lipinski definition) is 0. The summed E-state index contributed by atoms with van der Waals surface area (Å²) in [5.41, 5.74) is 0. The van der Waals surface area contributed by atoms with Crippen LogP contribution in [-0.4, -0.2) is 38.0 Å². The Labute approximate surface area is 84.3 Å². The molecular formula is C2H4CuF2O6S2. The maximum Gasteiger partial charge on any atom is 2.00 e. The smallest absolute Gasteiger partial charge is 0.746 e. The fourth-order valence-electron chi connectivity index (χ4n) is 0. The molecule has 0 aliphatic rings. The molecule has 0 N–H and O–H groups in total. The van der Waals surface area contributed by atoms with Crippen LogP contribution in [0, 0.1) is 0 Å². The fourth-order valence-corrected chi connectivity index (χ4v) is 0. The van der Waals surface area contributed by atoms with Crippen LogP contribution in [0.3, 0.4) is 0 Å². The van der Waals surface area contributed by atoms with Crippen LogP contribution in [0.15, 0.2) is 0 Å². The molecule has 0 saturated carbocycles. The summed E-state index contributed by atoms with van der Waals surface area (Å²) in [4.78, 5) is 0. The molecule has 0 aliphatic carbocycles. The number of halogens is 2. The predicted molar refractivity (Wildman–Crippen MR) is 31.3 cm³/mol. The minimum absolute atomic E-state index is 0. The van der Waals surface area contributed by atoms with Crippen molar-refractivity contribution in [2.75, 3.05) is 12.0 Å². The molecule has 0 fully saturated rings. The van der Waals surface area contributed by atoms with Crippen LogP contribution in [0.5, 0.6) is 0 Å². The van der Waals surface area contributed by atoms with Gasteiger partial charge in [-0.25, -0.2) is 25.6 Å². The van der Waals surface area contributed by atoms with Gasteiger partial charge >= 0.3 is 17.1 Å². The first-order valence-electron chi connectivity index (χ1n) is 2.11. The molecular weight excluding hydrogens is 286 g/mol. The Balaban J connectivity index is -0.000000143. The van der Waals surface area contributed by atoms with Gasteiger partial charge < -0.3 is 9.11 Å². The zero-order chi connectivity index (χ0) is 10.4. The summed E-state index contributed by atoms with van der Waals surface area (Å²) in [6.07, 6.45) is 0. The average Bonchev–Trinajstić information content (AvgIpc) is 1.86. The van der Waals surface area contributed by atoms with E-state index in [9.17, 15) is 8.78 Å². The van der Waals surface area contributed by atoms with E-state index in [1.807, 2.05) is 0 Å². The van der Waals surface area contributed by atoms with Crippen molar-refractivity contribution >= 4 is 20.2 Å². The van der Waals surface area contributed by atoms with Crippen LogP contribution >= 0.6 is 0 Å². The maximum atomic E-state index is 10.6. The molecule has 0 aromatic rings. The third-order valence-corrected chi connectivity index (χ3v) is 0.802. The molecule has 0 atom stereocenters. The molecule has 0 saturated heterocycles. The Morgan fingerprint density at radius 2 is 0.923 bits per heavy atom. The van der Waals surface area contributed by atoms with E-state index in [1.54, 1.807) is 0 Å². The summed E-state index contributed by atoms with van der Waals surface area (Å²) >= 11 is 0. The molecule has 0 aromatic carbocycles. The van der Waals surface area contributed by atoms with Crippen LogP contribution in [0.2, 0.25) is 0 Å². The Bertz CT molecular complexity index is 263. The zero-order valence-electron chi connectivity index (χ0n) is 5.74. The van der Waals surface area contributed by atoms with Crippen molar-refractivity contribution in [2.45, 2.75) is 0 Å². The van der Waals surface area contributed by atoms with Crippen molar-refractivity contribution < 1.29 is 51.8 Å². The first-order valence-corrected chi connectivity index (χ1v) is 5.27. The molecule has 0 heterocycles. The fraction of sp³-hybridized carbons (Fsp3) is 1.00. The zero-order valence-corrected chi connectivity index (χ0v) is 8.31. The topological polar surface area (TPSA) is 114 Å². The molecule has 0 aliphatic heterocycles. The predicted octanol–water partition coefficient (Wildman–Crippen LogP) is -1.09. The molecule has 13 heavy (non-hydrogen) atoms. The Morgan fingerprint density at radius 3 is 0.923 bits per heavy atom. The van der Waals surface area contributed by atoms with E-state index in [0.29, 0.717) is 0 Å². The van der Waals surface area contributed by atoms with E-state index in [-0.39, 0.29) is 17.1 Å². The van der Waals surface area contributed by atoms with Gasteiger partial charge in [-0.05, 0) is 0 Å². The van der Waals surface area contributed by atoms with Crippen LogP contribution in [-0.2, 0) is 37.3 Å². The summed E-state index contributed by atoms with van der Waals surface area (Å²) < 4.78 is 75.6. The number of alkyl halides is 2. The standard InChI is InChI=1S/2CH3FO3S.Cu/c2*2-1-6(3,4)5;/h2*1H2,(H,3,4,5);/q;;+2/p-2. The summed E-state index contributed by atoms with van der Waals surface area (Å²) in [6, 6.07) is -3.62. The second-order valence-electron chi connectivity index (χ2n) is 1.33. The van der Waals surface area contributed by atoms with E-state index < -0.39 is 32.2 Å². The summed E-state index contributed by atoms with van der Waals surface area (Å²) in [7, 11) is -9.16. The summed E-state index contributed by atoms with van der Waals surface area (Å²) in [5, 5.41) is 0. The molecule has 0 unspecified atom stereocenters. The quantitative estimate of drug-likeness (QED) is 0.471. The average molecular weight is 290 g/mol. The van der Waals surface area contributed by atoms with Gasteiger partial charge in [-0.15, -0.1) is 0 Å². The first-order chi connectivity index (χ1) is 5.12. The molecule has 0 rings (SSSR count). The molecule has 0 amide bonds. The van der Waals surface area contributed by atoms with E-state index in [0.717, 1.165) is 0 Å². The molecule has 0 spiro atoms. The third kappa shape index (κ3) is 33.0. The molecule has 85 valence electrons. The van der Waals surface area contributed by atoms with Crippen LogP contribution in [0.4, 0.5) is 8.78 Å². The van der Waals surface area contributed by atoms with Gasteiger partial charge in [0.05, 0.1) is 0 Å². The molecule has 1 radical (unpaired) electrons. The van der Waals surface area contributed by atoms with Crippen molar-refractivity contribution in [3.8, 4) is 0 Å². The molecule has 11 heteroatoms. The van der Waals surface area contributed by atoms with Crippen molar-refractivity contribution in [1.82, 2.24) is 0 Å². The van der Waals surface area contributed by atoms with Crippen molar-refractivity contribution in [2.24, 2.45) is 0 Å². The number of hydrogen-bond acceptors (Lipinski definition) is 6. The van der Waals surface area contributed by atoms with Crippen LogP contribution in [0.25, 0.3) is 0 Å². The largest absolute Gasteiger partial charge is 2.00 e. The van der Waals surface area contributed by atoms with E-state index in [4.69, 9.17) is 25.9 Å². The maximum absolute atomic E-state index is 10.6. The molecule has 0 aromatic heterocycles. The normalized spacial score (nSPS) is 10.8. The van der Waals surface area contributed by atoms with E-state index >= 15 is 0 Å². The second-order valence-corrected chi connectivity index (χ2v) is 4.00. The van der Waals surface area contributed by atoms with Gasteiger partial charge in [-0.2, -0.15) is 0 Å². The van der Waals surface area contributed by atoms with Gasteiger partial charge in [-0.1, -0.05) is 0 Å². The Kier molecular flexibility index (Phi) is 11.0. The second kappa shape index (κ2) is 7.59. The SMILES string of the molecule is O=S(=O)([O-])CF.O=S(=O)([O-])CF.[Cu+2]. The summed E-state index contributed by atoms with van der Waals surface area (Å²) in [6.45, 7) is 0. The number of rotatable bonds is 2. The van der Waals surface area contributed by atoms with Crippen LogP contribution in [0.1, 0.15) is 0 Å². The minimum Gasteiger partial charge on any atom is -0.746 e. The van der Waals surface area contributed by atoms with Gasteiger partial charge in [0.25, 0.3) is 0 Å². The van der Waals surface area contributed by atoms with Gasteiger partial charge in [0.1, 0.15) is 20.2 Å². The third-order valence-electron chi connectivity index (χ3n) is 0.267. The Morgan fingerprint density at radius 1 is 0.846 bits per heavy atom. The monoisotopic (exact) mass is 289 g/mol. The van der Waals surface area contributed by atoms with Crippen molar-refractivity contribution in [1.29, 1.82) is 0 Å². The first kappa shape index (κ1) is 18.9. The van der Waals surface area contributed by atoms with E-state index in [2.05, 4.69) is 0 Å². The minimum atomic E-state index is -4.58. The van der Waals surface area contributed by atoms with Gasteiger partial charge in [0.15, 0.2) is 12.0 Å². The van der Waals surface area contributed by atoms with Crippen molar-refractivity contribution in [3.05, 3.63) is 0 Å². The van der Waals surface area contributed by atoms with Gasteiger partial charge in [0, 0.05) is 0 Å².